The predicted octanol–water partition coefficient (Wildman–Crippen LogP) is 1.30. The number of ether oxygens (including phenoxy) is 1. The van der Waals surface area contributed by atoms with E-state index in [4.69, 9.17) is 9.84 Å². The Balaban J connectivity index is 1.75. The lowest BCUT2D eigenvalue weighted by atomic mass is 10.1. The van der Waals surface area contributed by atoms with Crippen molar-refractivity contribution in [3.63, 3.8) is 0 Å². The van der Waals surface area contributed by atoms with Crippen LogP contribution < -0.4 is 4.74 Å². The van der Waals surface area contributed by atoms with Crippen molar-refractivity contribution in [3.05, 3.63) is 29.3 Å². The summed E-state index contributed by atoms with van der Waals surface area (Å²) in [5.74, 6) is -0.0941. The van der Waals surface area contributed by atoms with Gasteiger partial charge in [-0.15, -0.1) is 0 Å². The number of carboxylic acids is 1. The van der Waals surface area contributed by atoms with E-state index in [1.165, 1.54) is 0 Å². The quantitative estimate of drug-likeness (QED) is 0.855. The van der Waals surface area contributed by atoms with E-state index in [-0.39, 0.29) is 18.9 Å². The first-order chi connectivity index (χ1) is 10.9. The molecule has 23 heavy (non-hydrogen) atoms. The van der Waals surface area contributed by atoms with Crippen LogP contribution in [-0.4, -0.2) is 66.1 Å². The number of carbonyl (C=O) groups is 2. The van der Waals surface area contributed by atoms with Crippen molar-refractivity contribution in [2.45, 2.75) is 20.3 Å². The summed E-state index contributed by atoms with van der Waals surface area (Å²) < 4.78 is 5.61. The maximum atomic E-state index is 12.2. The second kappa shape index (κ2) is 7.97. The second-order valence-electron chi connectivity index (χ2n) is 5.98. The van der Waals surface area contributed by atoms with Crippen LogP contribution in [0.1, 0.15) is 17.5 Å². The highest BCUT2D eigenvalue weighted by Gasteiger charge is 2.21. The first kappa shape index (κ1) is 17.3. The van der Waals surface area contributed by atoms with Crippen LogP contribution in [0.5, 0.6) is 5.75 Å². The van der Waals surface area contributed by atoms with Gasteiger partial charge in [0.1, 0.15) is 5.75 Å². The lowest BCUT2D eigenvalue weighted by molar-refractivity contribution is -0.138. The van der Waals surface area contributed by atoms with E-state index in [1.54, 1.807) is 4.90 Å². The maximum Gasteiger partial charge on any atom is 0.304 e. The van der Waals surface area contributed by atoms with Crippen molar-refractivity contribution in [3.8, 4) is 5.75 Å². The number of amides is 1. The van der Waals surface area contributed by atoms with E-state index in [0.717, 1.165) is 16.9 Å². The second-order valence-corrected chi connectivity index (χ2v) is 5.98. The zero-order valence-corrected chi connectivity index (χ0v) is 13.7. The van der Waals surface area contributed by atoms with Crippen molar-refractivity contribution in [2.75, 3.05) is 39.3 Å². The average Bonchev–Trinajstić information content (AvgIpc) is 2.50. The first-order valence-corrected chi connectivity index (χ1v) is 7.87. The van der Waals surface area contributed by atoms with Gasteiger partial charge in [0, 0.05) is 32.7 Å². The van der Waals surface area contributed by atoms with Gasteiger partial charge in [-0.3, -0.25) is 14.5 Å². The molecule has 1 aromatic rings. The van der Waals surface area contributed by atoms with E-state index in [1.807, 2.05) is 26.0 Å². The van der Waals surface area contributed by atoms with Gasteiger partial charge >= 0.3 is 5.97 Å². The molecule has 2 rings (SSSR count). The average molecular weight is 320 g/mol. The molecule has 1 N–H and O–H groups in total. The molecule has 0 unspecified atom stereocenters. The fourth-order valence-corrected chi connectivity index (χ4v) is 2.73. The highest BCUT2D eigenvalue weighted by Crippen LogP contribution is 2.16. The highest BCUT2D eigenvalue weighted by atomic mass is 16.5. The van der Waals surface area contributed by atoms with Gasteiger partial charge in [0.15, 0.2) is 6.61 Å². The molecule has 0 aromatic heterocycles. The van der Waals surface area contributed by atoms with Crippen LogP contribution in [0, 0.1) is 13.8 Å². The number of piperazine rings is 1. The van der Waals surface area contributed by atoms with Crippen LogP contribution in [-0.2, 0) is 9.59 Å². The molecule has 0 radical (unpaired) electrons. The summed E-state index contributed by atoms with van der Waals surface area (Å²) in [6, 6.07) is 5.90. The van der Waals surface area contributed by atoms with Gasteiger partial charge in [-0.05, 0) is 37.1 Å². The van der Waals surface area contributed by atoms with Crippen molar-refractivity contribution in [2.24, 2.45) is 0 Å². The van der Waals surface area contributed by atoms with Crippen LogP contribution in [0.15, 0.2) is 18.2 Å². The van der Waals surface area contributed by atoms with Crippen molar-refractivity contribution in [1.29, 1.82) is 0 Å². The lowest BCUT2D eigenvalue weighted by Crippen LogP contribution is -2.50. The Bertz CT molecular complexity index is 545. The van der Waals surface area contributed by atoms with Gasteiger partial charge in [-0.2, -0.15) is 0 Å². The number of carboxylic acid groups (broad SMARTS) is 1. The summed E-state index contributed by atoms with van der Waals surface area (Å²) in [6.45, 7) is 7.24. The third-order valence-corrected chi connectivity index (χ3v) is 3.92. The van der Waals surface area contributed by atoms with Crippen molar-refractivity contribution in [1.82, 2.24) is 9.80 Å². The minimum absolute atomic E-state index is 0.0259. The molecule has 0 bridgehead atoms. The topological polar surface area (TPSA) is 70.1 Å². The summed E-state index contributed by atoms with van der Waals surface area (Å²) in [4.78, 5) is 26.6. The summed E-state index contributed by atoms with van der Waals surface area (Å²) in [5.41, 5.74) is 2.22. The number of carbonyl (C=O) groups excluding carboxylic acids is 1. The Kier molecular flexibility index (Phi) is 5.98. The summed E-state index contributed by atoms with van der Waals surface area (Å²) in [7, 11) is 0. The number of rotatable bonds is 6. The van der Waals surface area contributed by atoms with Crippen molar-refractivity contribution >= 4 is 11.9 Å². The standard InChI is InChI=1S/C17H24N2O4/c1-13-9-14(2)11-15(10-13)23-12-16(20)19-7-5-18(6-8-19)4-3-17(21)22/h9-11H,3-8,12H2,1-2H3,(H,21,22). The molecule has 1 aliphatic rings. The SMILES string of the molecule is Cc1cc(C)cc(OCC(=O)N2CCN(CCC(=O)O)CC2)c1. The van der Waals surface area contributed by atoms with Crippen LogP contribution in [0.3, 0.4) is 0 Å². The van der Waals surface area contributed by atoms with Gasteiger partial charge < -0.3 is 14.7 Å². The molecule has 126 valence electrons. The fraction of sp³-hybridized carbons (Fsp3) is 0.529. The molecule has 0 saturated carbocycles. The monoisotopic (exact) mass is 320 g/mol. The molecular weight excluding hydrogens is 296 g/mol. The highest BCUT2D eigenvalue weighted by molar-refractivity contribution is 5.78. The normalized spacial score (nSPS) is 15.5. The zero-order valence-electron chi connectivity index (χ0n) is 13.7. The van der Waals surface area contributed by atoms with Crippen LogP contribution >= 0.6 is 0 Å². The van der Waals surface area contributed by atoms with E-state index in [9.17, 15) is 9.59 Å². The first-order valence-electron chi connectivity index (χ1n) is 7.87. The lowest BCUT2D eigenvalue weighted by Gasteiger charge is -2.34. The van der Waals surface area contributed by atoms with Gasteiger partial charge in [0.05, 0.1) is 6.42 Å². The number of benzene rings is 1. The number of nitrogens with zero attached hydrogens (tertiary/aromatic N) is 2. The Hall–Kier alpha value is -2.08. The Morgan fingerprint density at radius 1 is 1.09 bits per heavy atom. The Labute approximate surface area is 136 Å². The third-order valence-electron chi connectivity index (χ3n) is 3.92. The molecule has 0 spiro atoms. The predicted molar refractivity (Wildman–Crippen MR) is 86.7 cm³/mol. The maximum absolute atomic E-state index is 12.2. The number of aryl methyl sites for hydroxylation is 2. The third kappa shape index (κ3) is 5.56. The largest absolute Gasteiger partial charge is 0.484 e. The molecule has 6 heteroatoms. The van der Waals surface area contributed by atoms with E-state index < -0.39 is 5.97 Å². The van der Waals surface area contributed by atoms with E-state index >= 15 is 0 Å². The molecule has 1 aromatic carbocycles. The summed E-state index contributed by atoms with van der Waals surface area (Å²) >= 11 is 0. The Morgan fingerprint density at radius 3 is 2.26 bits per heavy atom. The molecule has 0 aliphatic carbocycles. The molecule has 1 aliphatic heterocycles. The summed E-state index contributed by atoms with van der Waals surface area (Å²) in [6.07, 6.45) is 0.143. The molecule has 1 fully saturated rings. The molecule has 1 heterocycles. The van der Waals surface area contributed by atoms with E-state index in [0.29, 0.717) is 32.7 Å². The number of hydrogen-bond acceptors (Lipinski definition) is 4. The van der Waals surface area contributed by atoms with Crippen LogP contribution in [0.4, 0.5) is 0 Å². The van der Waals surface area contributed by atoms with E-state index in [2.05, 4.69) is 11.0 Å². The zero-order chi connectivity index (χ0) is 16.8. The minimum Gasteiger partial charge on any atom is -0.484 e. The molecule has 6 nitrogen and oxygen atoms in total. The number of aliphatic carboxylic acids is 1. The van der Waals surface area contributed by atoms with Gasteiger partial charge in [0.2, 0.25) is 0 Å². The van der Waals surface area contributed by atoms with Crippen molar-refractivity contribution < 1.29 is 19.4 Å². The minimum atomic E-state index is -0.787. The molecule has 1 saturated heterocycles. The smallest absolute Gasteiger partial charge is 0.304 e. The molecule has 0 atom stereocenters. The fourth-order valence-electron chi connectivity index (χ4n) is 2.73. The van der Waals surface area contributed by atoms with Crippen LogP contribution in [0.2, 0.25) is 0 Å². The van der Waals surface area contributed by atoms with Gasteiger partial charge in [-0.1, -0.05) is 6.07 Å². The molecule has 1 amide bonds. The van der Waals surface area contributed by atoms with Gasteiger partial charge in [-0.25, -0.2) is 0 Å². The van der Waals surface area contributed by atoms with Crippen LogP contribution in [0.25, 0.3) is 0 Å². The Morgan fingerprint density at radius 2 is 1.70 bits per heavy atom. The van der Waals surface area contributed by atoms with Gasteiger partial charge in [0.25, 0.3) is 5.91 Å². The number of hydrogen-bond donors (Lipinski definition) is 1. The molecular formula is C17H24N2O4. The summed E-state index contributed by atoms with van der Waals surface area (Å²) in [5, 5.41) is 8.69.